The van der Waals surface area contributed by atoms with Gasteiger partial charge in [0.1, 0.15) is 0 Å². The van der Waals surface area contributed by atoms with Crippen molar-refractivity contribution in [3.05, 3.63) is 17.3 Å². The van der Waals surface area contributed by atoms with Crippen LogP contribution >= 0.6 is 11.6 Å². The highest BCUT2D eigenvalue weighted by atomic mass is 35.5. The number of hydrogen-bond donors (Lipinski definition) is 1. The molecule has 0 aliphatic carbocycles. The Morgan fingerprint density at radius 2 is 2.41 bits per heavy atom. The Balaban J connectivity index is 2.00. The summed E-state index contributed by atoms with van der Waals surface area (Å²) in [6, 6.07) is 1.72. The SMILES string of the molecule is CN(CC1CCCCO1)c1ncc(Cl)cc1N. The molecule has 2 N–H and O–H groups in total. The van der Waals surface area contributed by atoms with Crippen molar-refractivity contribution in [3.63, 3.8) is 0 Å². The molecule has 0 aromatic carbocycles. The van der Waals surface area contributed by atoms with Crippen LogP contribution in [0.15, 0.2) is 12.3 Å². The number of nitrogen functional groups attached to an aromatic ring is 1. The van der Waals surface area contributed by atoms with Crippen molar-refractivity contribution >= 4 is 23.1 Å². The summed E-state index contributed by atoms with van der Waals surface area (Å²) in [6.45, 7) is 1.68. The Hall–Kier alpha value is -1.00. The first-order valence-corrected chi connectivity index (χ1v) is 6.28. The standard InChI is InChI=1S/C12H18ClN3O/c1-16(8-10-4-2-3-5-17-10)12-11(14)6-9(13)7-15-12/h6-7,10H,2-5,8,14H2,1H3. The third-order valence-electron chi connectivity index (χ3n) is 2.97. The zero-order valence-corrected chi connectivity index (χ0v) is 10.8. The summed E-state index contributed by atoms with van der Waals surface area (Å²) in [4.78, 5) is 6.29. The van der Waals surface area contributed by atoms with Gasteiger partial charge in [-0.05, 0) is 25.3 Å². The number of anilines is 2. The molecule has 0 bridgehead atoms. The van der Waals surface area contributed by atoms with Crippen LogP contribution in [0.4, 0.5) is 11.5 Å². The average Bonchev–Trinajstić information content (AvgIpc) is 2.30. The molecule has 4 nitrogen and oxygen atoms in total. The highest BCUT2D eigenvalue weighted by Gasteiger charge is 2.17. The molecule has 0 radical (unpaired) electrons. The van der Waals surface area contributed by atoms with Crippen LogP contribution in [-0.2, 0) is 4.74 Å². The first-order valence-electron chi connectivity index (χ1n) is 5.90. The van der Waals surface area contributed by atoms with Gasteiger partial charge >= 0.3 is 0 Å². The average molecular weight is 256 g/mol. The maximum atomic E-state index is 5.90. The molecule has 1 aromatic heterocycles. The summed E-state index contributed by atoms with van der Waals surface area (Å²) in [6.07, 6.45) is 5.41. The van der Waals surface area contributed by atoms with Gasteiger partial charge in [-0.15, -0.1) is 0 Å². The molecule has 17 heavy (non-hydrogen) atoms. The van der Waals surface area contributed by atoms with Gasteiger partial charge < -0.3 is 15.4 Å². The van der Waals surface area contributed by atoms with Crippen molar-refractivity contribution in [1.82, 2.24) is 4.98 Å². The van der Waals surface area contributed by atoms with Gasteiger partial charge in [0.2, 0.25) is 0 Å². The van der Waals surface area contributed by atoms with Crippen molar-refractivity contribution < 1.29 is 4.74 Å². The molecule has 2 rings (SSSR count). The zero-order valence-electron chi connectivity index (χ0n) is 10.0. The van der Waals surface area contributed by atoms with Crippen molar-refractivity contribution in [1.29, 1.82) is 0 Å². The van der Waals surface area contributed by atoms with E-state index in [1.54, 1.807) is 12.3 Å². The number of ether oxygens (including phenoxy) is 1. The normalized spacial score (nSPS) is 20.2. The van der Waals surface area contributed by atoms with E-state index in [0.717, 1.165) is 25.4 Å². The van der Waals surface area contributed by atoms with Crippen molar-refractivity contribution in [2.24, 2.45) is 0 Å². The Bertz CT molecular complexity index is 380. The lowest BCUT2D eigenvalue weighted by Crippen LogP contribution is -2.34. The van der Waals surface area contributed by atoms with E-state index in [-0.39, 0.29) is 6.10 Å². The van der Waals surface area contributed by atoms with Crippen molar-refractivity contribution in [2.45, 2.75) is 25.4 Å². The van der Waals surface area contributed by atoms with E-state index in [2.05, 4.69) is 4.98 Å². The second-order valence-electron chi connectivity index (χ2n) is 4.44. The molecule has 1 fully saturated rings. The van der Waals surface area contributed by atoms with Crippen LogP contribution < -0.4 is 10.6 Å². The molecule has 1 saturated heterocycles. The van der Waals surface area contributed by atoms with Crippen molar-refractivity contribution in [3.8, 4) is 0 Å². The number of rotatable bonds is 3. The predicted molar refractivity (Wildman–Crippen MR) is 70.5 cm³/mol. The Morgan fingerprint density at radius 3 is 3.06 bits per heavy atom. The molecule has 0 spiro atoms. The number of pyridine rings is 1. The number of nitrogens with two attached hydrogens (primary N) is 1. The van der Waals surface area contributed by atoms with Gasteiger partial charge in [0.25, 0.3) is 0 Å². The number of aromatic nitrogens is 1. The predicted octanol–water partition coefficient (Wildman–Crippen LogP) is 2.32. The molecule has 1 unspecified atom stereocenters. The van der Waals surface area contributed by atoms with E-state index in [4.69, 9.17) is 22.1 Å². The maximum absolute atomic E-state index is 5.90. The van der Waals surface area contributed by atoms with Gasteiger partial charge in [0.05, 0.1) is 16.8 Å². The molecule has 94 valence electrons. The molecule has 1 aliphatic heterocycles. The minimum Gasteiger partial charge on any atom is -0.396 e. The first kappa shape index (κ1) is 12.5. The summed E-state index contributed by atoms with van der Waals surface area (Å²) in [7, 11) is 1.98. The maximum Gasteiger partial charge on any atom is 0.151 e. The minimum absolute atomic E-state index is 0.283. The molecular weight excluding hydrogens is 238 g/mol. The molecule has 1 aliphatic rings. The summed E-state index contributed by atoms with van der Waals surface area (Å²) >= 11 is 5.83. The van der Waals surface area contributed by atoms with Gasteiger partial charge in [-0.3, -0.25) is 0 Å². The summed E-state index contributed by atoms with van der Waals surface area (Å²) in [5, 5.41) is 0.563. The molecule has 1 aromatic rings. The Labute approximate surface area is 107 Å². The van der Waals surface area contributed by atoms with Gasteiger partial charge in [0, 0.05) is 26.4 Å². The lowest BCUT2D eigenvalue weighted by molar-refractivity contribution is 0.0215. The number of likely N-dealkylation sites (N-methyl/N-ethyl adjacent to an activating group) is 1. The number of hydrogen-bond acceptors (Lipinski definition) is 4. The lowest BCUT2D eigenvalue weighted by atomic mass is 10.1. The van der Waals surface area contributed by atoms with Gasteiger partial charge in [-0.2, -0.15) is 0 Å². The molecule has 1 atom stereocenters. The summed E-state index contributed by atoms with van der Waals surface area (Å²) < 4.78 is 5.70. The molecular formula is C12H18ClN3O. The molecule has 0 saturated carbocycles. The molecule has 2 heterocycles. The summed E-state index contributed by atoms with van der Waals surface area (Å²) in [5.41, 5.74) is 6.51. The van der Waals surface area contributed by atoms with Crippen LogP contribution in [0.25, 0.3) is 0 Å². The van der Waals surface area contributed by atoms with Crippen LogP contribution in [0.1, 0.15) is 19.3 Å². The highest BCUT2D eigenvalue weighted by molar-refractivity contribution is 6.30. The van der Waals surface area contributed by atoms with E-state index >= 15 is 0 Å². The van der Waals surface area contributed by atoms with Crippen LogP contribution in [-0.4, -0.2) is 31.3 Å². The minimum atomic E-state index is 0.283. The smallest absolute Gasteiger partial charge is 0.151 e. The highest BCUT2D eigenvalue weighted by Crippen LogP contribution is 2.23. The van der Waals surface area contributed by atoms with Crippen molar-refractivity contribution in [2.75, 3.05) is 30.8 Å². The fourth-order valence-corrected chi connectivity index (χ4v) is 2.28. The number of nitrogens with zero attached hydrogens (tertiary/aromatic N) is 2. The zero-order chi connectivity index (χ0) is 12.3. The van der Waals surface area contributed by atoms with E-state index in [1.165, 1.54) is 12.8 Å². The van der Waals surface area contributed by atoms with E-state index in [0.29, 0.717) is 10.7 Å². The van der Waals surface area contributed by atoms with Crippen LogP contribution in [0.5, 0.6) is 0 Å². The second kappa shape index (κ2) is 5.56. The number of halogens is 1. The quantitative estimate of drug-likeness (QED) is 0.901. The first-order chi connectivity index (χ1) is 8.16. The Kier molecular flexibility index (Phi) is 4.07. The largest absolute Gasteiger partial charge is 0.396 e. The third kappa shape index (κ3) is 3.23. The summed E-state index contributed by atoms with van der Waals surface area (Å²) in [5.74, 6) is 0.767. The van der Waals surface area contributed by atoms with Gasteiger partial charge in [-0.1, -0.05) is 11.6 Å². The second-order valence-corrected chi connectivity index (χ2v) is 4.87. The lowest BCUT2D eigenvalue weighted by Gasteiger charge is -2.28. The Morgan fingerprint density at radius 1 is 1.59 bits per heavy atom. The van der Waals surface area contributed by atoms with Crippen LogP contribution in [0.2, 0.25) is 5.02 Å². The van der Waals surface area contributed by atoms with E-state index in [9.17, 15) is 0 Å². The van der Waals surface area contributed by atoms with Gasteiger partial charge in [-0.25, -0.2) is 4.98 Å². The van der Waals surface area contributed by atoms with Crippen LogP contribution in [0, 0.1) is 0 Å². The monoisotopic (exact) mass is 255 g/mol. The molecule has 0 amide bonds. The van der Waals surface area contributed by atoms with Crippen LogP contribution in [0.3, 0.4) is 0 Å². The topological polar surface area (TPSA) is 51.4 Å². The van der Waals surface area contributed by atoms with E-state index in [1.807, 2.05) is 11.9 Å². The van der Waals surface area contributed by atoms with Gasteiger partial charge in [0.15, 0.2) is 5.82 Å². The fourth-order valence-electron chi connectivity index (χ4n) is 2.11. The van der Waals surface area contributed by atoms with E-state index < -0.39 is 0 Å². The third-order valence-corrected chi connectivity index (χ3v) is 3.18. The fraction of sp³-hybridized carbons (Fsp3) is 0.583. The molecule has 5 heteroatoms.